The molecule has 4 nitrogen and oxygen atoms in total. The van der Waals surface area contributed by atoms with Gasteiger partial charge >= 0.3 is 0 Å². The summed E-state index contributed by atoms with van der Waals surface area (Å²) < 4.78 is 0. The maximum Gasteiger partial charge on any atom is 0.134 e. The first-order chi connectivity index (χ1) is 9.65. The number of nitriles is 1. The van der Waals surface area contributed by atoms with Crippen LogP contribution in [0.2, 0.25) is 5.02 Å². The van der Waals surface area contributed by atoms with Crippen LogP contribution in [-0.4, -0.2) is 47.6 Å². The van der Waals surface area contributed by atoms with Crippen molar-refractivity contribution in [1.29, 1.82) is 5.26 Å². The third-order valence-corrected chi connectivity index (χ3v) is 4.02. The molecule has 1 N–H and O–H groups in total. The smallest absolute Gasteiger partial charge is 0.134 e. The van der Waals surface area contributed by atoms with Crippen molar-refractivity contribution in [1.82, 2.24) is 9.80 Å². The van der Waals surface area contributed by atoms with Crippen LogP contribution in [-0.2, 0) is 0 Å². The van der Waals surface area contributed by atoms with Gasteiger partial charge in [-0.3, -0.25) is 4.90 Å². The van der Waals surface area contributed by atoms with E-state index in [1.165, 1.54) is 0 Å². The number of benzene rings is 1. The standard InChI is InChI=1S/C15H20ClN3O/c1-2-5-18-6-8-19(9-7-18)14(11-17)12-3-4-15(20)13(16)10-12/h3-4,10,14,20H,2,5-9H2,1H3. The van der Waals surface area contributed by atoms with Crippen molar-refractivity contribution in [2.24, 2.45) is 0 Å². The first kappa shape index (κ1) is 15.1. The number of phenols is 1. The SMILES string of the molecule is CCCN1CCN(C(C#N)c2ccc(O)c(Cl)c2)CC1. The average Bonchev–Trinajstić information content (AvgIpc) is 2.46. The van der Waals surface area contributed by atoms with Crippen LogP contribution in [0.5, 0.6) is 5.75 Å². The van der Waals surface area contributed by atoms with Gasteiger partial charge in [-0.25, -0.2) is 0 Å². The molecule has 1 aliphatic heterocycles. The lowest BCUT2D eigenvalue weighted by atomic mass is 10.1. The summed E-state index contributed by atoms with van der Waals surface area (Å²) in [5, 5.41) is 19.2. The normalized spacial score (nSPS) is 18.6. The number of hydrogen-bond donors (Lipinski definition) is 1. The highest BCUT2D eigenvalue weighted by atomic mass is 35.5. The van der Waals surface area contributed by atoms with Crippen molar-refractivity contribution in [3.05, 3.63) is 28.8 Å². The third kappa shape index (κ3) is 3.43. The van der Waals surface area contributed by atoms with Crippen LogP contribution < -0.4 is 0 Å². The number of rotatable bonds is 4. The highest BCUT2D eigenvalue weighted by molar-refractivity contribution is 6.32. The number of nitrogens with zero attached hydrogens (tertiary/aromatic N) is 3. The van der Waals surface area contributed by atoms with E-state index in [0.717, 1.165) is 44.7 Å². The van der Waals surface area contributed by atoms with E-state index in [-0.39, 0.29) is 11.8 Å². The minimum Gasteiger partial charge on any atom is -0.506 e. The van der Waals surface area contributed by atoms with E-state index < -0.39 is 0 Å². The fraction of sp³-hybridized carbons (Fsp3) is 0.533. The summed E-state index contributed by atoms with van der Waals surface area (Å²) in [5.41, 5.74) is 0.847. The van der Waals surface area contributed by atoms with Gasteiger partial charge < -0.3 is 10.0 Å². The molecule has 1 fully saturated rings. The molecule has 1 aliphatic rings. The predicted molar refractivity (Wildman–Crippen MR) is 79.8 cm³/mol. The molecule has 1 atom stereocenters. The van der Waals surface area contributed by atoms with Crippen LogP contribution in [0.25, 0.3) is 0 Å². The van der Waals surface area contributed by atoms with E-state index in [4.69, 9.17) is 11.6 Å². The summed E-state index contributed by atoms with van der Waals surface area (Å²) in [4.78, 5) is 4.60. The van der Waals surface area contributed by atoms with Crippen molar-refractivity contribution in [2.45, 2.75) is 19.4 Å². The molecule has 0 spiro atoms. The molecule has 1 unspecified atom stereocenters. The zero-order chi connectivity index (χ0) is 14.5. The van der Waals surface area contributed by atoms with Crippen LogP contribution in [0.4, 0.5) is 0 Å². The fourth-order valence-corrected chi connectivity index (χ4v) is 2.81. The minimum atomic E-state index is -0.295. The van der Waals surface area contributed by atoms with Crippen molar-refractivity contribution < 1.29 is 5.11 Å². The molecular weight excluding hydrogens is 274 g/mol. The lowest BCUT2D eigenvalue weighted by Gasteiger charge is -2.36. The Balaban J connectivity index is 2.06. The second-order valence-electron chi connectivity index (χ2n) is 5.12. The maximum absolute atomic E-state index is 9.47. The van der Waals surface area contributed by atoms with Crippen LogP contribution >= 0.6 is 11.6 Å². The van der Waals surface area contributed by atoms with Gasteiger partial charge in [0.1, 0.15) is 11.8 Å². The second-order valence-corrected chi connectivity index (χ2v) is 5.53. The number of halogens is 1. The Morgan fingerprint density at radius 1 is 1.35 bits per heavy atom. The molecule has 5 heteroatoms. The number of phenolic OH excluding ortho intramolecular Hbond substituents is 1. The van der Waals surface area contributed by atoms with E-state index in [2.05, 4.69) is 22.8 Å². The number of hydrogen-bond acceptors (Lipinski definition) is 4. The predicted octanol–water partition coefficient (Wildman–Crippen LogP) is 2.64. The quantitative estimate of drug-likeness (QED) is 0.927. The summed E-state index contributed by atoms with van der Waals surface area (Å²) in [7, 11) is 0. The lowest BCUT2D eigenvalue weighted by molar-refractivity contribution is 0.114. The van der Waals surface area contributed by atoms with Crippen LogP contribution in [0.3, 0.4) is 0 Å². The first-order valence-corrected chi connectivity index (χ1v) is 7.38. The molecule has 0 bridgehead atoms. The van der Waals surface area contributed by atoms with Crippen molar-refractivity contribution >= 4 is 11.6 Å². The zero-order valence-electron chi connectivity index (χ0n) is 11.7. The fourth-order valence-electron chi connectivity index (χ4n) is 2.62. The van der Waals surface area contributed by atoms with E-state index in [1.807, 2.05) is 0 Å². The summed E-state index contributed by atoms with van der Waals surface area (Å²) in [6.07, 6.45) is 1.16. The minimum absolute atomic E-state index is 0.0554. The van der Waals surface area contributed by atoms with Gasteiger partial charge in [0.25, 0.3) is 0 Å². The monoisotopic (exact) mass is 293 g/mol. The van der Waals surface area contributed by atoms with Crippen molar-refractivity contribution in [3.63, 3.8) is 0 Å². The molecule has 1 aromatic carbocycles. The highest BCUT2D eigenvalue weighted by Crippen LogP contribution is 2.29. The molecular formula is C15H20ClN3O. The molecule has 20 heavy (non-hydrogen) atoms. The van der Waals surface area contributed by atoms with E-state index in [0.29, 0.717) is 5.02 Å². The molecule has 0 saturated carbocycles. The molecule has 0 aromatic heterocycles. The van der Waals surface area contributed by atoms with E-state index in [9.17, 15) is 10.4 Å². The Bertz CT molecular complexity index is 492. The Labute approximate surface area is 125 Å². The molecule has 1 heterocycles. The van der Waals surface area contributed by atoms with E-state index >= 15 is 0 Å². The maximum atomic E-state index is 9.47. The second kappa shape index (κ2) is 6.94. The van der Waals surface area contributed by atoms with Crippen molar-refractivity contribution in [3.8, 4) is 11.8 Å². The number of aromatic hydroxyl groups is 1. The van der Waals surface area contributed by atoms with E-state index in [1.54, 1.807) is 18.2 Å². The Morgan fingerprint density at radius 3 is 2.60 bits per heavy atom. The molecule has 0 radical (unpaired) electrons. The van der Waals surface area contributed by atoms with Gasteiger partial charge in [0.05, 0.1) is 11.1 Å². The van der Waals surface area contributed by atoms with Crippen molar-refractivity contribution in [2.75, 3.05) is 32.7 Å². The molecule has 1 aromatic rings. The largest absolute Gasteiger partial charge is 0.506 e. The highest BCUT2D eigenvalue weighted by Gasteiger charge is 2.25. The average molecular weight is 294 g/mol. The Morgan fingerprint density at radius 2 is 2.05 bits per heavy atom. The van der Waals surface area contributed by atoms with Crippen LogP contribution in [0.15, 0.2) is 18.2 Å². The van der Waals surface area contributed by atoms with Gasteiger partial charge in [0.15, 0.2) is 0 Å². The summed E-state index contributed by atoms with van der Waals surface area (Å²) >= 11 is 5.93. The topological polar surface area (TPSA) is 50.5 Å². The van der Waals surface area contributed by atoms with Gasteiger partial charge in [-0.15, -0.1) is 0 Å². The molecule has 2 rings (SSSR count). The molecule has 108 valence electrons. The number of piperazine rings is 1. The summed E-state index contributed by atoms with van der Waals surface area (Å²) in [5.74, 6) is 0.0554. The van der Waals surface area contributed by atoms with Crippen LogP contribution in [0.1, 0.15) is 24.9 Å². The molecule has 0 aliphatic carbocycles. The van der Waals surface area contributed by atoms with Gasteiger partial charge in [-0.2, -0.15) is 5.26 Å². The lowest BCUT2D eigenvalue weighted by Crippen LogP contribution is -2.47. The first-order valence-electron chi connectivity index (χ1n) is 7.00. The molecule has 1 saturated heterocycles. The van der Waals surface area contributed by atoms with Gasteiger partial charge in [-0.05, 0) is 30.7 Å². The Kier molecular flexibility index (Phi) is 5.24. The van der Waals surface area contributed by atoms with Gasteiger partial charge in [0, 0.05) is 26.2 Å². The zero-order valence-corrected chi connectivity index (χ0v) is 12.5. The Hall–Kier alpha value is -1.28. The summed E-state index contributed by atoms with van der Waals surface area (Å²) in [6.45, 7) is 7.07. The van der Waals surface area contributed by atoms with Gasteiger partial charge in [-0.1, -0.05) is 24.6 Å². The third-order valence-electron chi connectivity index (χ3n) is 3.72. The molecule has 0 amide bonds. The summed E-state index contributed by atoms with van der Waals surface area (Å²) in [6, 6.07) is 7.06. The van der Waals surface area contributed by atoms with Crippen LogP contribution in [0, 0.1) is 11.3 Å². The van der Waals surface area contributed by atoms with Gasteiger partial charge in [0.2, 0.25) is 0 Å².